The van der Waals surface area contributed by atoms with Crippen molar-refractivity contribution in [2.45, 2.75) is 31.6 Å². The van der Waals surface area contributed by atoms with Gasteiger partial charge in [0.2, 0.25) is 0 Å². The van der Waals surface area contributed by atoms with Gasteiger partial charge in [-0.1, -0.05) is 18.7 Å². The zero-order valence-electron chi connectivity index (χ0n) is 14.7. The number of benzene rings is 2. The molecule has 0 aliphatic heterocycles. The normalized spacial score (nSPS) is 16.6. The fourth-order valence-corrected chi connectivity index (χ4v) is 3.81. The monoisotopic (exact) mass is 364 g/mol. The highest BCUT2D eigenvalue weighted by Gasteiger charge is 2.25. The second-order valence-electron chi connectivity index (χ2n) is 6.68. The number of halogens is 2. The average Bonchev–Trinajstić information content (AvgIpc) is 3.25. The Morgan fingerprint density at radius 3 is 2.22 bits per heavy atom. The van der Waals surface area contributed by atoms with Crippen LogP contribution >= 0.6 is 0 Å². The van der Waals surface area contributed by atoms with Crippen LogP contribution in [0.4, 0.5) is 8.78 Å². The third-order valence-electron chi connectivity index (χ3n) is 5.24. The molecule has 5 heteroatoms. The summed E-state index contributed by atoms with van der Waals surface area (Å²) in [7, 11) is 0. The van der Waals surface area contributed by atoms with Gasteiger partial charge in [0.1, 0.15) is 23.8 Å². The van der Waals surface area contributed by atoms with Crippen LogP contribution < -0.4 is 0 Å². The highest BCUT2D eigenvalue weighted by Crippen LogP contribution is 2.35. The fourth-order valence-electron chi connectivity index (χ4n) is 3.81. The van der Waals surface area contributed by atoms with Crippen LogP contribution in [0.3, 0.4) is 0 Å². The molecule has 0 radical (unpaired) electrons. The summed E-state index contributed by atoms with van der Waals surface area (Å²) in [6, 6.07) is 9.82. The molecule has 1 atom stereocenters. The van der Waals surface area contributed by atoms with E-state index in [1.165, 1.54) is 12.1 Å². The summed E-state index contributed by atoms with van der Waals surface area (Å²) in [6.07, 6.45) is 3.09. The molecule has 136 valence electrons. The van der Waals surface area contributed by atoms with E-state index in [-0.39, 0.29) is 23.7 Å². The van der Waals surface area contributed by atoms with Crippen LogP contribution in [0.25, 0.3) is 5.57 Å². The van der Waals surface area contributed by atoms with Gasteiger partial charge in [-0.05, 0) is 65.6 Å². The van der Waals surface area contributed by atoms with E-state index in [0.717, 1.165) is 47.1 Å². The first-order valence-corrected chi connectivity index (χ1v) is 8.73. The molecule has 0 aromatic heterocycles. The zero-order chi connectivity index (χ0) is 19.6. The molecule has 0 amide bonds. The average molecular weight is 364 g/mol. The number of nitrogens with zero attached hydrogens (tertiary/aromatic N) is 2. The van der Waals surface area contributed by atoms with Gasteiger partial charge in [0.15, 0.2) is 0 Å². The Morgan fingerprint density at radius 2 is 1.59 bits per heavy atom. The summed E-state index contributed by atoms with van der Waals surface area (Å²) < 4.78 is 26.3. The summed E-state index contributed by atoms with van der Waals surface area (Å²) in [5, 5.41) is 26.6. The van der Waals surface area contributed by atoms with Crippen LogP contribution in [0.15, 0.2) is 30.8 Å². The van der Waals surface area contributed by atoms with Gasteiger partial charge < -0.3 is 5.11 Å². The molecule has 2 aromatic rings. The molecule has 27 heavy (non-hydrogen) atoms. The fraction of sp³-hybridized carbons (Fsp3) is 0.273. The lowest BCUT2D eigenvalue weighted by Gasteiger charge is -2.07. The number of nitriles is 2. The third-order valence-corrected chi connectivity index (χ3v) is 5.24. The molecule has 0 bridgehead atoms. The Balaban J connectivity index is 0.000000156. The number of hydrogen-bond acceptors (Lipinski definition) is 3. The predicted octanol–water partition coefficient (Wildman–Crippen LogP) is 4.38. The molecule has 3 nitrogen and oxygen atoms in total. The van der Waals surface area contributed by atoms with Crippen molar-refractivity contribution in [3.8, 4) is 12.1 Å². The van der Waals surface area contributed by atoms with E-state index in [1.54, 1.807) is 12.1 Å². The Hall–Kier alpha value is -3.02. The van der Waals surface area contributed by atoms with Crippen molar-refractivity contribution in [2.24, 2.45) is 0 Å². The zero-order valence-corrected chi connectivity index (χ0v) is 14.7. The first-order chi connectivity index (χ1) is 13.0. The van der Waals surface area contributed by atoms with Gasteiger partial charge in [0.25, 0.3) is 0 Å². The van der Waals surface area contributed by atoms with E-state index < -0.39 is 11.6 Å². The molecule has 0 spiro atoms. The molecule has 4 rings (SSSR count). The lowest BCUT2D eigenvalue weighted by Crippen LogP contribution is -2.00. The number of aliphatic hydroxyl groups excluding tert-OH is 1. The van der Waals surface area contributed by atoms with Gasteiger partial charge in [-0.3, -0.25) is 0 Å². The lowest BCUT2D eigenvalue weighted by molar-refractivity contribution is 0.265. The van der Waals surface area contributed by atoms with Gasteiger partial charge in [0.05, 0.1) is 11.1 Å². The molecule has 2 aliphatic rings. The number of fused-ring (bicyclic) bond motifs is 2. The minimum absolute atomic E-state index is 0.0729. The van der Waals surface area contributed by atoms with Crippen molar-refractivity contribution in [1.29, 1.82) is 10.5 Å². The second kappa shape index (κ2) is 7.70. The molecular formula is C22H18F2N2O. The van der Waals surface area contributed by atoms with E-state index in [9.17, 15) is 8.78 Å². The smallest absolute Gasteiger partial charge is 0.141 e. The maximum absolute atomic E-state index is 13.2. The van der Waals surface area contributed by atoms with E-state index in [4.69, 9.17) is 15.6 Å². The van der Waals surface area contributed by atoms with Crippen molar-refractivity contribution in [3.05, 3.63) is 75.9 Å². The van der Waals surface area contributed by atoms with Crippen LogP contribution in [0.1, 0.15) is 52.1 Å². The quantitative estimate of drug-likeness (QED) is 0.817. The minimum atomic E-state index is -0.454. The summed E-state index contributed by atoms with van der Waals surface area (Å²) in [5.41, 5.74) is 4.85. The van der Waals surface area contributed by atoms with Gasteiger partial charge in [0, 0.05) is 12.5 Å². The standard InChI is InChI=1S/C11H10FNO.C11H8FN/c12-11-4-3-8-7(6-14)1-2-9(8)10(11)5-13;1-7-2-3-9-8(7)4-5-11(12)10(9)6-13/h3-4,7,14H,1-2,6H2;4-5H,1-3H2. The van der Waals surface area contributed by atoms with Crippen LogP contribution in [0, 0.1) is 34.3 Å². The van der Waals surface area contributed by atoms with Crippen molar-refractivity contribution in [1.82, 2.24) is 0 Å². The highest BCUT2D eigenvalue weighted by atomic mass is 19.1. The van der Waals surface area contributed by atoms with E-state index in [2.05, 4.69) is 6.58 Å². The summed E-state index contributed by atoms with van der Waals surface area (Å²) in [5.74, 6) is -0.793. The lowest BCUT2D eigenvalue weighted by atomic mass is 9.99. The summed E-state index contributed by atoms with van der Waals surface area (Å²) in [4.78, 5) is 0. The maximum Gasteiger partial charge on any atom is 0.141 e. The number of hydrogen-bond donors (Lipinski definition) is 1. The van der Waals surface area contributed by atoms with Crippen molar-refractivity contribution < 1.29 is 13.9 Å². The van der Waals surface area contributed by atoms with Crippen molar-refractivity contribution in [2.75, 3.05) is 6.61 Å². The molecule has 0 saturated carbocycles. The van der Waals surface area contributed by atoms with Crippen molar-refractivity contribution in [3.63, 3.8) is 0 Å². The highest BCUT2D eigenvalue weighted by molar-refractivity contribution is 5.73. The predicted molar refractivity (Wildman–Crippen MR) is 97.7 cm³/mol. The first-order valence-electron chi connectivity index (χ1n) is 8.73. The van der Waals surface area contributed by atoms with Crippen LogP contribution in [0.5, 0.6) is 0 Å². The van der Waals surface area contributed by atoms with Crippen LogP contribution in [0.2, 0.25) is 0 Å². The van der Waals surface area contributed by atoms with Crippen LogP contribution in [-0.2, 0) is 12.8 Å². The van der Waals surface area contributed by atoms with E-state index in [0.29, 0.717) is 6.42 Å². The van der Waals surface area contributed by atoms with Gasteiger partial charge >= 0.3 is 0 Å². The largest absolute Gasteiger partial charge is 0.396 e. The minimum Gasteiger partial charge on any atom is -0.396 e. The molecule has 1 N–H and O–H groups in total. The SMILES string of the molecule is C=C1CCc2c1ccc(F)c2C#N.N#Cc1c(F)ccc2c1CCC2CO. The van der Waals surface area contributed by atoms with Crippen molar-refractivity contribution >= 4 is 5.57 Å². The summed E-state index contributed by atoms with van der Waals surface area (Å²) >= 11 is 0. The number of allylic oxidation sites excluding steroid dienone is 1. The topological polar surface area (TPSA) is 67.8 Å². The van der Waals surface area contributed by atoms with Gasteiger partial charge in [-0.2, -0.15) is 10.5 Å². The molecule has 0 heterocycles. The molecule has 1 unspecified atom stereocenters. The Labute approximate surface area is 156 Å². The maximum atomic E-state index is 13.2. The molecular weight excluding hydrogens is 346 g/mol. The van der Waals surface area contributed by atoms with E-state index in [1.807, 2.05) is 12.1 Å². The Kier molecular flexibility index (Phi) is 5.35. The third kappa shape index (κ3) is 3.35. The Bertz CT molecular complexity index is 999. The van der Waals surface area contributed by atoms with Crippen LogP contribution in [-0.4, -0.2) is 11.7 Å². The molecule has 0 fully saturated rings. The van der Waals surface area contributed by atoms with Gasteiger partial charge in [-0.15, -0.1) is 0 Å². The molecule has 2 aliphatic carbocycles. The number of aliphatic hydroxyl groups is 1. The second-order valence-corrected chi connectivity index (χ2v) is 6.68. The first kappa shape index (κ1) is 18.8. The summed E-state index contributed by atoms with van der Waals surface area (Å²) in [6.45, 7) is 3.94. The number of rotatable bonds is 1. The van der Waals surface area contributed by atoms with E-state index >= 15 is 0 Å². The molecule has 0 saturated heterocycles. The molecule has 2 aromatic carbocycles. The van der Waals surface area contributed by atoms with Gasteiger partial charge in [-0.25, -0.2) is 8.78 Å². The Morgan fingerprint density at radius 1 is 0.963 bits per heavy atom.